The zero-order chi connectivity index (χ0) is 15.0. The standard InChI is InChI=1S/C15H17F2N3/c1-5-11(16)14(18)10-6-12(17)15-13(7-10)20(8(2)3)9(4)19-15/h5-8,18H,1-4H3/b11-5+,18-14?. The van der Waals surface area contributed by atoms with E-state index in [2.05, 4.69) is 4.98 Å². The van der Waals surface area contributed by atoms with Gasteiger partial charge >= 0.3 is 0 Å². The second-order valence-corrected chi connectivity index (χ2v) is 4.96. The molecule has 3 nitrogen and oxygen atoms in total. The van der Waals surface area contributed by atoms with Crippen LogP contribution >= 0.6 is 0 Å². The Morgan fingerprint density at radius 3 is 2.60 bits per heavy atom. The van der Waals surface area contributed by atoms with Gasteiger partial charge in [0, 0.05) is 11.6 Å². The molecule has 0 fully saturated rings. The van der Waals surface area contributed by atoms with E-state index in [1.54, 1.807) is 13.0 Å². The van der Waals surface area contributed by atoms with Crippen LogP contribution in [0.5, 0.6) is 0 Å². The number of halogens is 2. The summed E-state index contributed by atoms with van der Waals surface area (Å²) in [6, 6.07) is 2.88. The summed E-state index contributed by atoms with van der Waals surface area (Å²) in [5.41, 5.74) is 0.740. The molecule has 0 aliphatic carbocycles. The fourth-order valence-corrected chi connectivity index (χ4v) is 2.35. The summed E-state index contributed by atoms with van der Waals surface area (Å²) < 4.78 is 29.5. The van der Waals surface area contributed by atoms with Crippen LogP contribution in [0, 0.1) is 18.2 Å². The van der Waals surface area contributed by atoms with E-state index in [0.717, 1.165) is 6.07 Å². The fourth-order valence-electron chi connectivity index (χ4n) is 2.35. The Morgan fingerprint density at radius 1 is 1.40 bits per heavy atom. The Hall–Kier alpha value is -2.04. The van der Waals surface area contributed by atoms with Crippen LogP contribution < -0.4 is 0 Å². The molecule has 0 amide bonds. The topological polar surface area (TPSA) is 41.7 Å². The molecule has 20 heavy (non-hydrogen) atoms. The van der Waals surface area contributed by atoms with Gasteiger partial charge < -0.3 is 4.57 Å². The molecule has 2 aromatic rings. The van der Waals surface area contributed by atoms with E-state index < -0.39 is 11.6 Å². The van der Waals surface area contributed by atoms with Gasteiger partial charge in [0.1, 0.15) is 17.2 Å². The summed E-state index contributed by atoms with van der Waals surface area (Å²) in [5.74, 6) is -0.506. The number of allylic oxidation sites excluding steroid dienone is 2. The Balaban J connectivity index is 2.73. The lowest BCUT2D eigenvalue weighted by atomic mass is 10.1. The number of aryl methyl sites for hydroxylation is 1. The molecule has 0 aliphatic heterocycles. The van der Waals surface area contributed by atoms with Gasteiger partial charge in [-0.25, -0.2) is 13.8 Å². The highest BCUT2D eigenvalue weighted by Gasteiger charge is 2.17. The zero-order valence-electron chi connectivity index (χ0n) is 12.0. The summed E-state index contributed by atoms with van der Waals surface area (Å²) in [7, 11) is 0. The van der Waals surface area contributed by atoms with Crippen LogP contribution in [0.25, 0.3) is 11.0 Å². The third kappa shape index (κ3) is 2.24. The van der Waals surface area contributed by atoms with Crippen LogP contribution in [0.3, 0.4) is 0 Å². The van der Waals surface area contributed by atoms with Crippen molar-refractivity contribution in [2.75, 3.05) is 0 Å². The predicted octanol–water partition coefficient (Wildman–Crippen LogP) is 4.31. The lowest BCUT2D eigenvalue weighted by Crippen LogP contribution is -2.05. The van der Waals surface area contributed by atoms with E-state index in [9.17, 15) is 8.78 Å². The third-order valence-electron chi connectivity index (χ3n) is 3.22. The number of hydrogen-bond donors (Lipinski definition) is 1. The average molecular weight is 277 g/mol. The Labute approximate surface area is 116 Å². The van der Waals surface area contributed by atoms with Gasteiger partial charge in [0.2, 0.25) is 0 Å². The molecule has 0 radical (unpaired) electrons. The molecule has 0 unspecified atom stereocenters. The lowest BCUT2D eigenvalue weighted by Gasteiger charge is -2.11. The molecule has 0 aliphatic rings. The van der Waals surface area contributed by atoms with Gasteiger partial charge in [0.05, 0.1) is 11.2 Å². The SMILES string of the molecule is C/C=C(/F)C(=N)c1cc(F)c2nc(C)n(C(C)C)c2c1. The summed E-state index contributed by atoms with van der Waals surface area (Å²) in [6.07, 6.45) is 1.19. The summed E-state index contributed by atoms with van der Waals surface area (Å²) in [6.45, 7) is 7.24. The number of benzene rings is 1. The van der Waals surface area contributed by atoms with Gasteiger partial charge in [-0.15, -0.1) is 0 Å². The highest BCUT2D eigenvalue weighted by Crippen LogP contribution is 2.25. The number of nitrogens with one attached hydrogen (secondary N) is 1. The Kier molecular flexibility index (Phi) is 3.70. The highest BCUT2D eigenvalue weighted by molar-refractivity contribution is 6.10. The molecule has 106 valence electrons. The number of nitrogens with zero attached hydrogens (tertiary/aromatic N) is 2. The summed E-state index contributed by atoms with van der Waals surface area (Å²) >= 11 is 0. The minimum absolute atomic E-state index is 0.107. The molecule has 0 atom stereocenters. The van der Waals surface area contributed by atoms with Gasteiger partial charge in [-0.2, -0.15) is 0 Å². The van der Waals surface area contributed by atoms with Crippen LogP contribution in [0.2, 0.25) is 0 Å². The summed E-state index contributed by atoms with van der Waals surface area (Å²) in [4.78, 5) is 4.21. The van der Waals surface area contributed by atoms with E-state index in [0.29, 0.717) is 11.3 Å². The van der Waals surface area contributed by atoms with E-state index in [1.165, 1.54) is 13.0 Å². The van der Waals surface area contributed by atoms with Gasteiger partial charge in [-0.3, -0.25) is 5.41 Å². The van der Waals surface area contributed by atoms with Crippen LogP contribution in [-0.4, -0.2) is 15.3 Å². The largest absolute Gasteiger partial charge is 0.326 e. The van der Waals surface area contributed by atoms with Crippen molar-refractivity contribution in [3.05, 3.63) is 41.2 Å². The molecule has 1 N–H and O–H groups in total. The quantitative estimate of drug-likeness (QED) is 0.835. The van der Waals surface area contributed by atoms with E-state index >= 15 is 0 Å². The van der Waals surface area contributed by atoms with E-state index in [-0.39, 0.29) is 22.8 Å². The molecule has 1 aromatic carbocycles. The Bertz CT molecular complexity index is 711. The first kappa shape index (κ1) is 14.4. The lowest BCUT2D eigenvalue weighted by molar-refractivity contribution is 0.600. The monoisotopic (exact) mass is 277 g/mol. The van der Waals surface area contributed by atoms with Crippen molar-refractivity contribution in [2.24, 2.45) is 0 Å². The fraction of sp³-hybridized carbons (Fsp3) is 0.333. The molecule has 5 heteroatoms. The maximum atomic E-state index is 14.1. The van der Waals surface area contributed by atoms with E-state index in [4.69, 9.17) is 5.41 Å². The molecule has 1 aromatic heterocycles. The number of rotatable bonds is 3. The first-order chi connectivity index (χ1) is 9.36. The number of fused-ring (bicyclic) bond motifs is 1. The van der Waals surface area contributed by atoms with Crippen LogP contribution in [0.1, 0.15) is 38.2 Å². The van der Waals surface area contributed by atoms with Crippen molar-refractivity contribution in [1.82, 2.24) is 9.55 Å². The number of hydrogen-bond acceptors (Lipinski definition) is 2. The Morgan fingerprint density at radius 2 is 2.05 bits per heavy atom. The minimum Gasteiger partial charge on any atom is -0.326 e. The average Bonchev–Trinajstić information content (AvgIpc) is 2.73. The molecule has 0 bridgehead atoms. The van der Waals surface area contributed by atoms with Gasteiger partial charge in [0.15, 0.2) is 5.82 Å². The molecular formula is C15H17F2N3. The molecule has 2 rings (SSSR count). The smallest absolute Gasteiger partial charge is 0.151 e. The third-order valence-corrected chi connectivity index (χ3v) is 3.22. The van der Waals surface area contributed by atoms with Gasteiger partial charge in [-0.05, 0) is 45.9 Å². The predicted molar refractivity (Wildman–Crippen MR) is 76.5 cm³/mol. The first-order valence-corrected chi connectivity index (χ1v) is 6.46. The molecule has 0 spiro atoms. The highest BCUT2D eigenvalue weighted by atomic mass is 19.1. The normalized spacial score (nSPS) is 12.4. The molecule has 0 saturated heterocycles. The van der Waals surface area contributed by atoms with Crippen molar-refractivity contribution in [2.45, 2.75) is 33.7 Å². The summed E-state index contributed by atoms with van der Waals surface area (Å²) in [5, 5.41) is 7.75. The number of aromatic nitrogens is 2. The van der Waals surface area contributed by atoms with Crippen molar-refractivity contribution in [3.8, 4) is 0 Å². The first-order valence-electron chi connectivity index (χ1n) is 6.46. The van der Waals surface area contributed by atoms with Crippen LogP contribution in [0.4, 0.5) is 8.78 Å². The van der Waals surface area contributed by atoms with Crippen LogP contribution in [-0.2, 0) is 0 Å². The molecule has 1 heterocycles. The molecule has 0 saturated carbocycles. The van der Waals surface area contributed by atoms with Crippen molar-refractivity contribution in [1.29, 1.82) is 5.41 Å². The van der Waals surface area contributed by atoms with Gasteiger partial charge in [-0.1, -0.05) is 0 Å². The maximum absolute atomic E-state index is 14.1. The number of imidazole rings is 1. The van der Waals surface area contributed by atoms with E-state index in [1.807, 2.05) is 18.4 Å². The second kappa shape index (κ2) is 5.15. The molecular weight excluding hydrogens is 260 g/mol. The van der Waals surface area contributed by atoms with Crippen molar-refractivity contribution in [3.63, 3.8) is 0 Å². The van der Waals surface area contributed by atoms with Crippen molar-refractivity contribution < 1.29 is 8.78 Å². The van der Waals surface area contributed by atoms with Crippen molar-refractivity contribution >= 4 is 16.7 Å². The zero-order valence-corrected chi connectivity index (χ0v) is 12.0. The second-order valence-electron chi connectivity index (χ2n) is 4.96. The van der Waals surface area contributed by atoms with Gasteiger partial charge in [0.25, 0.3) is 0 Å². The van der Waals surface area contributed by atoms with Crippen LogP contribution in [0.15, 0.2) is 24.0 Å². The maximum Gasteiger partial charge on any atom is 0.151 e. The minimum atomic E-state index is -0.670.